The maximum absolute atomic E-state index is 12.6. The number of benzene rings is 1. The van der Waals surface area contributed by atoms with Crippen molar-refractivity contribution in [2.75, 3.05) is 6.54 Å². The van der Waals surface area contributed by atoms with Crippen molar-refractivity contribution in [2.45, 2.75) is 37.6 Å². The standard InChI is InChI=1S/C16H24N6O5.Ni/c17-15(18)20-7-1-2-11(14(25)26)21-13(24)12(22-16(19)27)8-9-3-5-10(23)6-4-9;/h3-6,11-12,15,20,23H,1-2,7-8,17-18H2,(H,21,24)(H,22,27)(H,25,26);. The van der Waals surface area contributed by atoms with Crippen LogP contribution in [0, 0.1) is 0 Å². The summed E-state index contributed by atoms with van der Waals surface area (Å²) in [7, 11) is 0. The normalized spacial score (nSPS) is 12.9. The van der Waals surface area contributed by atoms with Crippen molar-refractivity contribution in [1.29, 1.82) is 0 Å². The Hall–Kier alpha value is -2.40. The molecule has 0 aliphatic heterocycles. The number of nitrogens with one attached hydrogen (secondary N) is 3. The molecule has 1 aromatic carbocycles. The van der Waals surface area contributed by atoms with Crippen molar-refractivity contribution in [3.63, 3.8) is 0 Å². The fraction of sp³-hybridized carbons (Fsp3) is 0.438. The van der Waals surface area contributed by atoms with E-state index in [0.717, 1.165) is 0 Å². The van der Waals surface area contributed by atoms with Gasteiger partial charge in [0.2, 0.25) is 0 Å². The summed E-state index contributed by atoms with van der Waals surface area (Å²) in [4.78, 5) is 35.5. The Labute approximate surface area is 169 Å². The van der Waals surface area contributed by atoms with E-state index in [-0.39, 0.29) is 18.6 Å². The van der Waals surface area contributed by atoms with E-state index < -0.39 is 36.3 Å². The Kier molecular flexibility index (Phi) is 10.2. The zero-order chi connectivity index (χ0) is 21.1. The van der Waals surface area contributed by atoms with Crippen LogP contribution in [-0.4, -0.2) is 53.0 Å². The van der Waals surface area contributed by atoms with E-state index in [2.05, 4.69) is 35.2 Å². The molecule has 9 N–H and O–H groups in total. The first-order chi connectivity index (χ1) is 13.2. The van der Waals surface area contributed by atoms with Gasteiger partial charge in [-0.2, -0.15) is 0 Å². The molecule has 1 rings (SSSR count). The summed E-state index contributed by atoms with van der Waals surface area (Å²) in [6, 6.07) is 2.89. The molecule has 0 spiro atoms. The van der Waals surface area contributed by atoms with Gasteiger partial charge >= 0.3 is 158 Å². The molecule has 0 bridgehead atoms. The average molecular weight is 439 g/mol. The van der Waals surface area contributed by atoms with Gasteiger partial charge in [-0.3, -0.25) is 0 Å². The second-order valence-corrected chi connectivity index (χ2v) is 6.19. The molecule has 0 aromatic heterocycles. The Bertz CT molecular complexity index is 685. The topological polar surface area (TPSA) is 192 Å². The summed E-state index contributed by atoms with van der Waals surface area (Å²) in [5.41, 5.74) is 11.3. The number of aromatic hydroxyl groups is 1. The molecule has 11 nitrogen and oxygen atoms in total. The number of carboxylic acid groups (broad SMARTS) is 1. The first-order valence-corrected chi connectivity index (χ1v) is 8.82. The van der Waals surface area contributed by atoms with Gasteiger partial charge < -0.3 is 11.5 Å². The Morgan fingerprint density at radius 2 is 1.75 bits per heavy atom. The third-order valence-electron chi connectivity index (χ3n) is 3.72. The number of nitrogens with zero attached hydrogens (tertiary/aromatic N) is 1. The molecular formula is C16H24N6NiO5. The number of aliphatic carboxylic acids is 1. The van der Waals surface area contributed by atoms with Gasteiger partial charge in [0.15, 0.2) is 0 Å². The average Bonchev–Trinajstić information content (AvgIpc) is 2.64. The van der Waals surface area contributed by atoms with Crippen LogP contribution in [0.15, 0.2) is 28.3 Å². The van der Waals surface area contributed by atoms with Gasteiger partial charge in [0, 0.05) is 0 Å². The Balaban J connectivity index is 2.78. The SMILES string of the molecule is NC(N)NCCCC(NC(=O)C(Cc1ccc(O)cc1)NC(=O)[N]=[Ni])C(=O)O. The molecule has 0 aliphatic rings. The molecule has 0 aliphatic carbocycles. The van der Waals surface area contributed by atoms with Gasteiger partial charge in [0.05, 0.1) is 0 Å². The fourth-order valence-electron chi connectivity index (χ4n) is 2.35. The van der Waals surface area contributed by atoms with Gasteiger partial charge in [-0.05, 0) is 0 Å². The third-order valence-corrected chi connectivity index (χ3v) is 3.92. The van der Waals surface area contributed by atoms with E-state index >= 15 is 0 Å². The molecule has 0 saturated carbocycles. The minimum atomic E-state index is -1.21. The number of amides is 3. The summed E-state index contributed by atoms with van der Waals surface area (Å²) >= 11 is 4.01. The number of carbonyl (C=O) groups is 3. The van der Waals surface area contributed by atoms with Crippen molar-refractivity contribution in [2.24, 2.45) is 15.5 Å². The summed E-state index contributed by atoms with van der Waals surface area (Å²) in [6.45, 7) is 0.376. The number of hydrogen-bond donors (Lipinski definition) is 7. The van der Waals surface area contributed by atoms with E-state index in [4.69, 9.17) is 11.5 Å². The molecule has 158 valence electrons. The molecule has 28 heavy (non-hydrogen) atoms. The van der Waals surface area contributed by atoms with Crippen LogP contribution in [0.3, 0.4) is 0 Å². The van der Waals surface area contributed by atoms with Gasteiger partial charge in [0.25, 0.3) is 0 Å². The molecule has 2 unspecified atom stereocenters. The number of phenols is 1. The van der Waals surface area contributed by atoms with E-state index in [0.29, 0.717) is 18.5 Å². The van der Waals surface area contributed by atoms with Crippen LogP contribution in [-0.2, 0) is 31.3 Å². The van der Waals surface area contributed by atoms with Gasteiger partial charge in [-0.25, -0.2) is 0 Å². The van der Waals surface area contributed by atoms with Crippen molar-refractivity contribution < 1.29 is 39.9 Å². The van der Waals surface area contributed by atoms with Crippen LogP contribution < -0.4 is 27.4 Å². The summed E-state index contributed by atoms with van der Waals surface area (Å²) < 4.78 is 3.06. The van der Waals surface area contributed by atoms with Crippen molar-refractivity contribution >= 4 is 17.9 Å². The molecule has 0 saturated heterocycles. The molecule has 0 heterocycles. The predicted molar refractivity (Wildman–Crippen MR) is 95.5 cm³/mol. The maximum atomic E-state index is 12.6. The molecule has 2 atom stereocenters. The van der Waals surface area contributed by atoms with Crippen LogP contribution in [0.4, 0.5) is 4.79 Å². The number of carboxylic acids is 1. The molecule has 0 radical (unpaired) electrons. The fourth-order valence-corrected chi connectivity index (χ4v) is 2.41. The van der Waals surface area contributed by atoms with E-state index in [1.807, 2.05) is 0 Å². The second kappa shape index (κ2) is 12.1. The van der Waals surface area contributed by atoms with Crippen LogP contribution in [0.25, 0.3) is 0 Å². The molecule has 0 fully saturated rings. The van der Waals surface area contributed by atoms with Gasteiger partial charge in [0.1, 0.15) is 0 Å². The minimum absolute atomic E-state index is 0.0490. The summed E-state index contributed by atoms with van der Waals surface area (Å²) in [5, 5.41) is 26.1. The van der Waals surface area contributed by atoms with Gasteiger partial charge in [-0.15, -0.1) is 0 Å². The first-order valence-electron chi connectivity index (χ1n) is 8.38. The number of phenolic OH excluding ortho intramolecular Hbond substituents is 1. The molecule has 3 amide bonds. The Morgan fingerprint density at radius 3 is 2.29 bits per heavy atom. The summed E-state index contributed by atoms with van der Waals surface area (Å²) in [5.74, 6) is -1.86. The third kappa shape index (κ3) is 9.00. The number of rotatable bonds is 11. The van der Waals surface area contributed by atoms with Crippen LogP contribution in [0.5, 0.6) is 5.75 Å². The number of nitrogens with two attached hydrogens (primary N) is 2. The first kappa shape index (κ1) is 23.6. The summed E-state index contributed by atoms with van der Waals surface area (Å²) in [6.07, 6.45) is -0.122. The van der Waals surface area contributed by atoms with Crippen molar-refractivity contribution in [3.8, 4) is 5.75 Å². The van der Waals surface area contributed by atoms with Crippen LogP contribution in [0.1, 0.15) is 18.4 Å². The van der Waals surface area contributed by atoms with Crippen LogP contribution >= 0.6 is 0 Å². The monoisotopic (exact) mass is 438 g/mol. The zero-order valence-electron chi connectivity index (χ0n) is 14.9. The molecule has 1 aromatic rings. The van der Waals surface area contributed by atoms with Crippen LogP contribution in [0.2, 0.25) is 0 Å². The van der Waals surface area contributed by atoms with Crippen molar-refractivity contribution in [1.82, 2.24) is 16.0 Å². The van der Waals surface area contributed by atoms with Gasteiger partial charge in [-0.1, -0.05) is 0 Å². The quantitative estimate of drug-likeness (QED) is 0.128. The predicted octanol–water partition coefficient (Wildman–Crippen LogP) is -1.12. The molecular weight excluding hydrogens is 415 g/mol. The number of carbonyl (C=O) groups excluding carboxylic acids is 2. The van der Waals surface area contributed by atoms with E-state index in [1.165, 1.54) is 12.1 Å². The zero-order valence-corrected chi connectivity index (χ0v) is 15.9. The Morgan fingerprint density at radius 1 is 1.11 bits per heavy atom. The van der Waals surface area contributed by atoms with Crippen molar-refractivity contribution in [3.05, 3.63) is 29.8 Å². The number of urea groups is 1. The number of hydrogen-bond acceptors (Lipinski definition) is 7. The second-order valence-electron chi connectivity index (χ2n) is 5.96. The van der Waals surface area contributed by atoms with E-state index in [9.17, 15) is 24.6 Å². The molecule has 12 heteroatoms. The van der Waals surface area contributed by atoms with E-state index in [1.54, 1.807) is 12.1 Å².